The lowest BCUT2D eigenvalue weighted by Crippen LogP contribution is -2.47. The standard InChI is InChI=1S/C76H145N2O7P/c1-7-10-13-16-19-22-25-28-30-32-34-36-37-38-39-40-41-43-44-46-48-50-53-56-59-62-65-68-75(79)77-73(72-84-86(81,82)83-71-70-78(4,5)6)74(67-64-61-58-55-52-27-24-21-18-15-12-9-3)85-76(80)69-66-63-60-57-54-51-49-47-45-42-35-33-31-29-26-23-20-17-14-11-8-2/h20,23,29,31,35,42,64,67,73-74H,7-19,21-22,24-28,30,32-34,36-41,43-63,65-66,68-72H2,1-6H3,(H-,77,79,81,82)/b23-20-,31-29-,42-35-,67-64+. The summed E-state index contributed by atoms with van der Waals surface area (Å²) in [6.45, 7) is 6.87. The number of amides is 1. The van der Waals surface area contributed by atoms with Crippen LogP contribution in [0.25, 0.3) is 0 Å². The van der Waals surface area contributed by atoms with Crippen molar-refractivity contribution in [2.45, 2.75) is 386 Å². The molecule has 0 fully saturated rings. The van der Waals surface area contributed by atoms with E-state index in [1.54, 1.807) is 0 Å². The third kappa shape index (κ3) is 66.4. The number of phosphoric ester groups is 1. The summed E-state index contributed by atoms with van der Waals surface area (Å²) in [6.07, 6.45) is 83.9. The number of allylic oxidation sites excluding steroid dienone is 7. The number of hydrogen-bond acceptors (Lipinski definition) is 7. The number of ether oxygens (including phenoxy) is 1. The molecule has 0 radical (unpaired) electrons. The van der Waals surface area contributed by atoms with Crippen molar-refractivity contribution in [1.82, 2.24) is 5.32 Å². The molecule has 0 heterocycles. The molecule has 0 aromatic rings. The number of carbonyl (C=O) groups is 2. The lowest BCUT2D eigenvalue weighted by molar-refractivity contribution is -0.870. The highest BCUT2D eigenvalue weighted by molar-refractivity contribution is 7.45. The first-order valence-corrected chi connectivity index (χ1v) is 38.9. The zero-order valence-electron chi connectivity index (χ0n) is 58.0. The minimum Gasteiger partial charge on any atom is -0.756 e. The Labute approximate surface area is 535 Å². The van der Waals surface area contributed by atoms with Gasteiger partial charge in [0.05, 0.1) is 33.8 Å². The Kier molecular flexibility index (Phi) is 64.4. The van der Waals surface area contributed by atoms with Crippen molar-refractivity contribution >= 4 is 19.7 Å². The Hall–Kier alpha value is -2.03. The van der Waals surface area contributed by atoms with Gasteiger partial charge in [-0.05, 0) is 70.3 Å². The van der Waals surface area contributed by atoms with Crippen LogP contribution in [0.15, 0.2) is 48.6 Å². The van der Waals surface area contributed by atoms with Gasteiger partial charge in [0, 0.05) is 12.8 Å². The molecule has 3 unspecified atom stereocenters. The van der Waals surface area contributed by atoms with Crippen LogP contribution < -0.4 is 10.2 Å². The fraction of sp³-hybridized carbons (Fsp3) is 0.868. The third-order valence-electron chi connectivity index (χ3n) is 17.0. The molecular formula is C76H145N2O7P. The summed E-state index contributed by atoms with van der Waals surface area (Å²) in [6, 6.07) is -0.890. The summed E-state index contributed by atoms with van der Waals surface area (Å²) in [5.41, 5.74) is 0. The Morgan fingerprint density at radius 3 is 1.08 bits per heavy atom. The molecule has 0 aromatic heterocycles. The minimum absolute atomic E-state index is 0.0219. The highest BCUT2D eigenvalue weighted by Crippen LogP contribution is 2.38. The maximum atomic E-state index is 13.6. The van der Waals surface area contributed by atoms with Gasteiger partial charge in [-0.3, -0.25) is 14.2 Å². The molecule has 0 saturated carbocycles. The molecule has 0 saturated heterocycles. The summed E-state index contributed by atoms with van der Waals surface area (Å²) in [5, 5.41) is 3.05. The topological polar surface area (TPSA) is 114 Å². The van der Waals surface area contributed by atoms with E-state index in [1.165, 1.54) is 257 Å². The van der Waals surface area contributed by atoms with Gasteiger partial charge in [-0.25, -0.2) is 0 Å². The second-order valence-electron chi connectivity index (χ2n) is 26.8. The quantitative estimate of drug-likeness (QED) is 0.0212. The average molecular weight is 1230 g/mol. The molecule has 0 aliphatic carbocycles. The van der Waals surface area contributed by atoms with Crippen LogP contribution in [0.5, 0.6) is 0 Å². The monoisotopic (exact) mass is 1230 g/mol. The lowest BCUT2D eigenvalue weighted by Gasteiger charge is -2.30. The van der Waals surface area contributed by atoms with Gasteiger partial charge in [-0.2, -0.15) is 0 Å². The molecule has 0 spiro atoms. The molecular weight excluding hydrogens is 1080 g/mol. The first-order valence-electron chi connectivity index (χ1n) is 37.4. The van der Waals surface area contributed by atoms with Crippen LogP contribution >= 0.6 is 7.82 Å². The fourth-order valence-electron chi connectivity index (χ4n) is 11.2. The van der Waals surface area contributed by atoms with E-state index in [0.29, 0.717) is 17.4 Å². The van der Waals surface area contributed by atoms with Gasteiger partial charge < -0.3 is 28.5 Å². The van der Waals surface area contributed by atoms with Crippen LogP contribution in [0.2, 0.25) is 0 Å². The predicted octanol–water partition coefficient (Wildman–Crippen LogP) is 23.3. The van der Waals surface area contributed by atoms with E-state index in [1.807, 2.05) is 33.3 Å². The zero-order chi connectivity index (χ0) is 62.8. The van der Waals surface area contributed by atoms with Crippen molar-refractivity contribution in [3.8, 4) is 0 Å². The molecule has 86 heavy (non-hydrogen) atoms. The van der Waals surface area contributed by atoms with Crippen LogP contribution in [0, 0.1) is 0 Å². The van der Waals surface area contributed by atoms with Crippen molar-refractivity contribution in [3.05, 3.63) is 48.6 Å². The van der Waals surface area contributed by atoms with Crippen LogP contribution in [-0.2, 0) is 27.9 Å². The van der Waals surface area contributed by atoms with Crippen molar-refractivity contribution in [2.75, 3.05) is 40.9 Å². The van der Waals surface area contributed by atoms with E-state index in [0.717, 1.165) is 83.5 Å². The first-order chi connectivity index (χ1) is 41.9. The number of quaternary nitrogens is 1. The Bertz CT molecular complexity index is 1610. The molecule has 9 nitrogen and oxygen atoms in total. The molecule has 0 aliphatic heterocycles. The van der Waals surface area contributed by atoms with Gasteiger partial charge in [-0.15, -0.1) is 0 Å². The Balaban J connectivity index is 4.97. The molecule has 10 heteroatoms. The second kappa shape index (κ2) is 65.9. The highest BCUT2D eigenvalue weighted by atomic mass is 31.2. The normalized spacial score (nSPS) is 13.7. The van der Waals surface area contributed by atoms with Crippen LogP contribution in [0.3, 0.4) is 0 Å². The number of nitrogens with zero attached hydrogens (tertiary/aromatic N) is 1. The molecule has 0 bridgehead atoms. The number of rotatable bonds is 69. The largest absolute Gasteiger partial charge is 0.756 e. The summed E-state index contributed by atoms with van der Waals surface area (Å²) < 4.78 is 30.5. The smallest absolute Gasteiger partial charge is 0.306 e. The number of nitrogens with one attached hydrogen (secondary N) is 1. The average Bonchev–Trinajstić information content (AvgIpc) is 3.69. The number of carbonyl (C=O) groups excluding carboxylic acids is 2. The van der Waals surface area contributed by atoms with E-state index in [-0.39, 0.29) is 31.5 Å². The maximum Gasteiger partial charge on any atom is 0.306 e. The first kappa shape index (κ1) is 84.0. The van der Waals surface area contributed by atoms with Gasteiger partial charge in [0.15, 0.2) is 0 Å². The molecule has 1 amide bonds. The number of esters is 1. The van der Waals surface area contributed by atoms with Gasteiger partial charge >= 0.3 is 5.97 Å². The Morgan fingerprint density at radius 2 is 0.709 bits per heavy atom. The summed E-state index contributed by atoms with van der Waals surface area (Å²) >= 11 is 0. The number of likely N-dealkylation sites (N-methyl/N-ethyl adjacent to an activating group) is 1. The third-order valence-corrected chi connectivity index (χ3v) is 18.0. The number of unbranched alkanes of at least 4 members (excludes halogenated alkanes) is 47. The van der Waals surface area contributed by atoms with E-state index in [4.69, 9.17) is 13.8 Å². The van der Waals surface area contributed by atoms with Crippen molar-refractivity contribution in [3.63, 3.8) is 0 Å². The molecule has 0 aromatic carbocycles. The number of hydrogen-bond donors (Lipinski definition) is 1. The van der Waals surface area contributed by atoms with E-state index < -0.39 is 20.0 Å². The van der Waals surface area contributed by atoms with Gasteiger partial charge in [-0.1, -0.05) is 339 Å². The van der Waals surface area contributed by atoms with Crippen molar-refractivity contribution in [1.29, 1.82) is 0 Å². The minimum atomic E-state index is -4.71. The van der Waals surface area contributed by atoms with E-state index in [9.17, 15) is 19.0 Å². The molecule has 0 rings (SSSR count). The van der Waals surface area contributed by atoms with Crippen LogP contribution in [0.4, 0.5) is 0 Å². The highest BCUT2D eigenvalue weighted by Gasteiger charge is 2.27. The molecule has 506 valence electrons. The summed E-state index contributed by atoms with van der Waals surface area (Å²) in [4.78, 5) is 40.2. The van der Waals surface area contributed by atoms with E-state index >= 15 is 0 Å². The predicted molar refractivity (Wildman–Crippen MR) is 372 cm³/mol. The Morgan fingerprint density at radius 1 is 0.407 bits per heavy atom. The van der Waals surface area contributed by atoms with Crippen LogP contribution in [-0.4, -0.2) is 69.4 Å². The summed E-state index contributed by atoms with van der Waals surface area (Å²) in [7, 11) is 1.20. The van der Waals surface area contributed by atoms with E-state index in [2.05, 4.69) is 62.5 Å². The molecule has 1 N–H and O–H groups in total. The SMILES string of the molecule is CCCCC/C=C\C/C=C\C/C=C\CCCCCCCCCCC(=O)OC(/C=C/CCCCCCCCCCCC)C(COP(=O)([O-])OCC[N+](C)(C)C)NC(=O)CCCCCCCCCCCCCCCCCCCCCCCCCCCCC. The van der Waals surface area contributed by atoms with Gasteiger partial charge in [0.1, 0.15) is 19.3 Å². The summed E-state index contributed by atoms with van der Waals surface area (Å²) in [5.74, 6) is -0.531. The maximum absolute atomic E-state index is 13.6. The van der Waals surface area contributed by atoms with Crippen LogP contribution in [0.1, 0.15) is 374 Å². The van der Waals surface area contributed by atoms with Gasteiger partial charge in [0.2, 0.25) is 5.91 Å². The zero-order valence-corrected chi connectivity index (χ0v) is 58.9. The molecule has 0 aliphatic rings. The van der Waals surface area contributed by atoms with Crippen molar-refractivity contribution < 1.29 is 37.3 Å². The van der Waals surface area contributed by atoms with Crippen molar-refractivity contribution in [2.24, 2.45) is 0 Å². The fourth-order valence-corrected chi connectivity index (χ4v) is 12.0. The molecule has 3 atom stereocenters. The number of phosphoric acid groups is 1. The second-order valence-corrected chi connectivity index (χ2v) is 28.2. The van der Waals surface area contributed by atoms with Gasteiger partial charge in [0.25, 0.3) is 7.82 Å². The lowest BCUT2D eigenvalue weighted by atomic mass is 10.0.